The van der Waals surface area contributed by atoms with E-state index in [0.717, 1.165) is 0 Å². The Morgan fingerprint density at radius 1 is 1.27 bits per heavy atom. The first-order valence-electron chi connectivity index (χ1n) is 7.16. The molecule has 1 aromatic carbocycles. The van der Waals surface area contributed by atoms with Crippen LogP contribution in [0.4, 0.5) is 0 Å². The van der Waals surface area contributed by atoms with Crippen LogP contribution < -0.4 is 14.8 Å². The number of ether oxygens (including phenoxy) is 2. The fraction of sp³-hybridized carbons (Fsp3) is 0.533. The van der Waals surface area contributed by atoms with E-state index < -0.39 is 9.84 Å². The van der Waals surface area contributed by atoms with Crippen LogP contribution >= 0.6 is 0 Å². The molecule has 1 amide bonds. The van der Waals surface area contributed by atoms with Gasteiger partial charge in [-0.05, 0) is 30.9 Å². The number of nitrogens with one attached hydrogen (secondary N) is 1. The van der Waals surface area contributed by atoms with Crippen LogP contribution in [-0.4, -0.2) is 46.6 Å². The number of methoxy groups -OCH3 is 2. The predicted molar refractivity (Wildman–Crippen MR) is 83.3 cm³/mol. The predicted octanol–water partition coefficient (Wildman–Crippen LogP) is 1.26. The van der Waals surface area contributed by atoms with E-state index in [1.165, 1.54) is 14.2 Å². The Balaban J connectivity index is 1.95. The third-order valence-corrected chi connectivity index (χ3v) is 5.66. The van der Waals surface area contributed by atoms with Gasteiger partial charge in [0.1, 0.15) is 17.1 Å². The minimum Gasteiger partial charge on any atom is -0.496 e. The molecule has 1 aliphatic heterocycles. The summed E-state index contributed by atoms with van der Waals surface area (Å²) in [5.74, 6) is 1.22. The van der Waals surface area contributed by atoms with Crippen molar-refractivity contribution in [3.63, 3.8) is 0 Å². The highest BCUT2D eigenvalue weighted by molar-refractivity contribution is 7.91. The molecule has 0 saturated carbocycles. The molecular formula is C15H21NO5S. The molecule has 0 aromatic heterocycles. The molecule has 1 fully saturated rings. The number of sulfone groups is 1. The molecule has 0 bridgehead atoms. The highest BCUT2D eigenvalue weighted by atomic mass is 32.2. The Morgan fingerprint density at radius 3 is 2.41 bits per heavy atom. The average molecular weight is 327 g/mol. The van der Waals surface area contributed by atoms with E-state index in [-0.39, 0.29) is 23.3 Å². The second-order valence-electron chi connectivity index (χ2n) is 5.35. The number of hydrogen-bond acceptors (Lipinski definition) is 5. The summed E-state index contributed by atoms with van der Waals surface area (Å²) >= 11 is 0. The standard InChI is InChI=1S/C15H21NO5S/c1-20-12-4-3-5-13(21-2)14(12)15(17)16-8-6-11-7-9-22(18,19)10-11/h3-5,11H,6-10H2,1-2H3,(H,16,17). The van der Waals surface area contributed by atoms with Crippen LogP contribution in [0, 0.1) is 5.92 Å². The molecule has 6 nitrogen and oxygen atoms in total. The smallest absolute Gasteiger partial charge is 0.258 e. The van der Waals surface area contributed by atoms with Crippen LogP contribution in [0.15, 0.2) is 18.2 Å². The quantitative estimate of drug-likeness (QED) is 0.850. The van der Waals surface area contributed by atoms with E-state index in [9.17, 15) is 13.2 Å². The zero-order chi connectivity index (χ0) is 16.2. The SMILES string of the molecule is COc1cccc(OC)c1C(=O)NCCC1CCS(=O)(=O)C1. The molecule has 1 aliphatic rings. The second kappa shape index (κ2) is 7.00. The second-order valence-corrected chi connectivity index (χ2v) is 7.58. The number of amides is 1. The van der Waals surface area contributed by atoms with Gasteiger partial charge in [0.25, 0.3) is 5.91 Å². The van der Waals surface area contributed by atoms with Gasteiger partial charge >= 0.3 is 0 Å². The lowest BCUT2D eigenvalue weighted by Gasteiger charge is -2.14. The summed E-state index contributed by atoms with van der Waals surface area (Å²) in [7, 11) is 0.118. The van der Waals surface area contributed by atoms with E-state index >= 15 is 0 Å². The molecule has 1 unspecified atom stereocenters. The third-order valence-electron chi connectivity index (χ3n) is 3.82. The maximum Gasteiger partial charge on any atom is 0.258 e. The lowest BCUT2D eigenvalue weighted by molar-refractivity contribution is 0.0945. The summed E-state index contributed by atoms with van der Waals surface area (Å²) in [5.41, 5.74) is 0.353. The van der Waals surface area contributed by atoms with Gasteiger partial charge in [-0.15, -0.1) is 0 Å². The van der Waals surface area contributed by atoms with Gasteiger partial charge in [0, 0.05) is 6.54 Å². The Labute approximate surface area is 130 Å². The van der Waals surface area contributed by atoms with Crippen molar-refractivity contribution in [3.05, 3.63) is 23.8 Å². The number of hydrogen-bond donors (Lipinski definition) is 1. The van der Waals surface area contributed by atoms with Crippen molar-refractivity contribution in [2.24, 2.45) is 5.92 Å². The Morgan fingerprint density at radius 2 is 1.91 bits per heavy atom. The first-order valence-corrected chi connectivity index (χ1v) is 8.98. The maximum atomic E-state index is 12.3. The molecule has 1 atom stereocenters. The van der Waals surface area contributed by atoms with Crippen LogP contribution in [0.25, 0.3) is 0 Å². The summed E-state index contributed by atoms with van der Waals surface area (Å²) in [5, 5.41) is 2.81. The molecule has 2 rings (SSSR count). The van der Waals surface area contributed by atoms with Crippen molar-refractivity contribution >= 4 is 15.7 Å². The molecule has 7 heteroatoms. The first-order chi connectivity index (χ1) is 10.5. The molecule has 0 aliphatic carbocycles. The van der Waals surface area contributed by atoms with Crippen molar-refractivity contribution in [3.8, 4) is 11.5 Å². The van der Waals surface area contributed by atoms with Crippen LogP contribution in [-0.2, 0) is 9.84 Å². The normalized spacial score (nSPS) is 19.6. The van der Waals surface area contributed by atoms with E-state index in [2.05, 4.69) is 5.32 Å². The van der Waals surface area contributed by atoms with Crippen molar-refractivity contribution in [1.29, 1.82) is 0 Å². The minimum absolute atomic E-state index is 0.130. The average Bonchev–Trinajstić information content (AvgIpc) is 2.85. The van der Waals surface area contributed by atoms with Gasteiger partial charge in [0.05, 0.1) is 25.7 Å². The summed E-state index contributed by atoms with van der Waals surface area (Å²) in [6.45, 7) is 0.431. The van der Waals surface area contributed by atoms with Gasteiger partial charge in [-0.25, -0.2) is 8.42 Å². The number of carbonyl (C=O) groups is 1. The fourth-order valence-electron chi connectivity index (χ4n) is 2.65. The summed E-state index contributed by atoms with van der Waals surface area (Å²) in [6, 6.07) is 5.14. The molecule has 1 aromatic rings. The first kappa shape index (κ1) is 16.6. The molecule has 122 valence electrons. The van der Waals surface area contributed by atoms with E-state index in [1.807, 2.05) is 0 Å². The number of benzene rings is 1. The highest BCUT2D eigenvalue weighted by Crippen LogP contribution is 2.28. The van der Waals surface area contributed by atoms with E-state index in [4.69, 9.17) is 9.47 Å². The highest BCUT2D eigenvalue weighted by Gasteiger charge is 2.27. The van der Waals surface area contributed by atoms with Gasteiger partial charge in [0.15, 0.2) is 9.84 Å². The largest absolute Gasteiger partial charge is 0.496 e. The lowest BCUT2D eigenvalue weighted by atomic mass is 10.1. The molecule has 1 heterocycles. The van der Waals surface area contributed by atoms with Crippen LogP contribution in [0.3, 0.4) is 0 Å². The third kappa shape index (κ3) is 3.91. The molecule has 22 heavy (non-hydrogen) atoms. The van der Waals surface area contributed by atoms with Crippen molar-refractivity contribution in [2.75, 3.05) is 32.3 Å². The minimum atomic E-state index is -2.87. The zero-order valence-corrected chi connectivity index (χ0v) is 13.6. The molecule has 1 N–H and O–H groups in total. The molecule has 0 spiro atoms. The lowest BCUT2D eigenvalue weighted by Crippen LogP contribution is -2.27. The van der Waals surface area contributed by atoms with Crippen LogP contribution in [0.5, 0.6) is 11.5 Å². The topological polar surface area (TPSA) is 81.7 Å². The maximum absolute atomic E-state index is 12.3. The van der Waals surface area contributed by atoms with E-state index in [0.29, 0.717) is 36.4 Å². The van der Waals surface area contributed by atoms with Gasteiger partial charge in [0.2, 0.25) is 0 Å². The Kier molecular flexibility index (Phi) is 5.28. The molecular weight excluding hydrogens is 306 g/mol. The molecule has 1 saturated heterocycles. The number of carbonyl (C=O) groups excluding carboxylic acids is 1. The Bertz CT molecular complexity index is 619. The van der Waals surface area contributed by atoms with Gasteiger partial charge in [-0.2, -0.15) is 0 Å². The van der Waals surface area contributed by atoms with E-state index in [1.54, 1.807) is 18.2 Å². The monoisotopic (exact) mass is 327 g/mol. The Hall–Kier alpha value is -1.76. The summed E-state index contributed by atoms with van der Waals surface area (Å²) in [4.78, 5) is 12.3. The van der Waals surface area contributed by atoms with Crippen LogP contribution in [0.1, 0.15) is 23.2 Å². The van der Waals surface area contributed by atoms with Crippen molar-refractivity contribution < 1.29 is 22.7 Å². The molecule has 0 radical (unpaired) electrons. The van der Waals surface area contributed by atoms with Gasteiger partial charge in [-0.1, -0.05) is 6.07 Å². The number of rotatable bonds is 6. The van der Waals surface area contributed by atoms with Gasteiger partial charge in [-0.3, -0.25) is 4.79 Å². The van der Waals surface area contributed by atoms with Crippen molar-refractivity contribution in [1.82, 2.24) is 5.32 Å². The fourth-order valence-corrected chi connectivity index (χ4v) is 4.56. The van der Waals surface area contributed by atoms with Gasteiger partial charge < -0.3 is 14.8 Å². The van der Waals surface area contributed by atoms with Crippen LogP contribution in [0.2, 0.25) is 0 Å². The zero-order valence-electron chi connectivity index (χ0n) is 12.8. The summed E-state index contributed by atoms with van der Waals surface area (Å²) < 4.78 is 33.2. The van der Waals surface area contributed by atoms with Crippen molar-refractivity contribution in [2.45, 2.75) is 12.8 Å². The summed E-state index contributed by atoms with van der Waals surface area (Å²) in [6.07, 6.45) is 1.33.